The summed E-state index contributed by atoms with van der Waals surface area (Å²) in [5.74, 6) is -0.602. The van der Waals surface area contributed by atoms with Crippen LogP contribution in [0.4, 0.5) is 4.39 Å². The van der Waals surface area contributed by atoms with Gasteiger partial charge in [-0.3, -0.25) is 9.59 Å². The van der Waals surface area contributed by atoms with Crippen LogP contribution >= 0.6 is 31.9 Å². The van der Waals surface area contributed by atoms with Crippen LogP contribution < -0.4 is 0 Å². The van der Waals surface area contributed by atoms with Crippen molar-refractivity contribution in [3.05, 3.63) is 63.2 Å². The van der Waals surface area contributed by atoms with E-state index < -0.39 is 11.4 Å². The molecule has 0 unspecified atom stereocenters. The normalized spacial score (nSPS) is 17.3. The zero-order chi connectivity index (χ0) is 21.8. The van der Waals surface area contributed by atoms with Crippen LogP contribution in [0, 0.1) is 5.82 Å². The van der Waals surface area contributed by atoms with Crippen LogP contribution in [-0.2, 0) is 0 Å². The molecule has 2 aromatic heterocycles. The van der Waals surface area contributed by atoms with Crippen LogP contribution in [-0.4, -0.2) is 61.6 Å². The predicted molar refractivity (Wildman–Crippen MR) is 114 cm³/mol. The Morgan fingerprint density at radius 1 is 1.13 bits per heavy atom. The molecule has 0 radical (unpaired) electrons. The maximum atomic E-state index is 13.5. The van der Waals surface area contributed by atoms with Crippen molar-refractivity contribution >= 4 is 43.7 Å². The highest BCUT2D eigenvalue weighted by atomic mass is 79.9. The average Bonchev–Trinajstić information content (AvgIpc) is 3.19. The standard InChI is InChI=1S/C20H16Br2FN5O3/c21-14-9-15(31-16(14)22)18(29)26-6-7-27(20(10-26)4-5-20)19(30)17-24-11-28(25-17)13-3-1-2-12(23)8-13/h1-3,8-9,11H,4-7,10H2. The SMILES string of the molecule is O=C(c1cc(Br)c(Br)o1)N1CCN(C(=O)c2ncn(-c3cccc(F)c3)n2)C2(CC2)C1. The molecule has 1 aliphatic carbocycles. The number of amides is 2. The number of halogens is 3. The monoisotopic (exact) mass is 551 g/mol. The van der Waals surface area contributed by atoms with E-state index in [1.165, 1.54) is 23.1 Å². The van der Waals surface area contributed by atoms with E-state index in [0.29, 0.717) is 34.5 Å². The summed E-state index contributed by atoms with van der Waals surface area (Å²) in [6.45, 7) is 1.19. The number of hydrogen-bond acceptors (Lipinski definition) is 5. The maximum Gasteiger partial charge on any atom is 0.294 e. The van der Waals surface area contributed by atoms with Gasteiger partial charge in [-0.25, -0.2) is 14.1 Å². The molecule has 1 aromatic carbocycles. The molecule has 160 valence electrons. The molecule has 3 aromatic rings. The van der Waals surface area contributed by atoms with Crippen LogP contribution in [0.2, 0.25) is 0 Å². The first kappa shape index (κ1) is 20.4. The van der Waals surface area contributed by atoms with Gasteiger partial charge in [0.2, 0.25) is 5.82 Å². The number of piperazine rings is 1. The lowest BCUT2D eigenvalue weighted by Crippen LogP contribution is -2.58. The Bertz CT molecular complexity index is 1170. The molecular weight excluding hydrogens is 537 g/mol. The summed E-state index contributed by atoms with van der Waals surface area (Å²) in [4.78, 5) is 33.6. The van der Waals surface area contributed by atoms with Crippen molar-refractivity contribution in [3.8, 4) is 5.69 Å². The number of nitrogens with zero attached hydrogens (tertiary/aromatic N) is 5. The molecule has 3 heterocycles. The Hall–Kier alpha value is -2.53. The molecule has 8 nitrogen and oxygen atoms in total. The van der Waals surface area contributed by atoms with Crippen molar-refractivity contribution in [1.82, 2.24) is 24.6 Å². The molecule has 11 heteroatoms. The highest BCUT2D eigenvalue weighted by molar-refractivity contribution is 9.13. The van der Waals surface area contributed by atoms with E-state index in [1.807, 2.05) is 0 Å². The number of carbonyl (C=O) groups excluding carboxylic acids is 2. The van der Waals surface area contributed by atoms with E-state index in [4.69, 9.17) is 4.42 Å². The summed E-state index contributed by atoms with van der Waals surface area (Å²) in [5, 5.41) is 4.25. The van der Waals surface area contributed by atoms with E-state index in [0.717, 1.165) is 12.8 Å². The molecule has 2 amide bonds. The Morgan fingerprint density at radius 2 is 1.94 bits per heavy atom. The topological polar surface area (TPSA) is 84.5 Å². The van der Waals surface area contributed by atoms with Crippen LogP contribution in [0.3, 0.4) is 0 Å². The minimum atomic E-state index is -0.406. The number of hydrogen-bond donors (Lipinski definition) is 0. The Morgan fingerprint density at radius 3 is 2.61 bits per heavy atom. The Labute approximate surface area is 193 Å². The summed E-state index contributed by atoms with van der Waals surface area (Å²) in [6, 6.07) is 7.54. The lowest BCUT2D eigenvalue weighted by atomic mass is 10.1. The fourth-order valence-corrected chi connectivity index (χ4v) is 4.45. The average molecular weight is 553 g/mol. The highest BCUT2D eigenvalue weighted by Crippen LogP contribution is 2.45. The van der Waals surface area contributed by atoms with Crippen LogP contribution in [0.1, 0.15) is 34.0 Å². The number of benzene rings is 1. The maximum absolute atomic E-state index is 13.5. The zero-order valence-electron chi connectivity index (χ0n) is 16.1. The number of furan rings is 1. The number of carbonyl (C=O) groups is 2. The molecule has 1 saturated heterocycles. The molecule has 0 bridgehead atoms. The molecule has 2 aliphatic rings. The van der Waals surface area contributed by atoms with E-state index in [1.54, 1.807) is 28.0 Å². The predicted octanol–water partition coefficient (Wildman–Crippen LogP) is 3.66. The van der Waals surface area contributed by atoms with Gasteiger partial charge in [0.1, 0.15) is 12.1 Å². The van der Waals surface area contributed by atoms with Gasteiger partial charge in [-0.15, -0.1) is 5.10 Å². The molecular formula is C20H16Br2FN5O3. The lowest BCUT2D eigenvalue weighted by molar-refractivity contribution is 0.0311. The van der Waals surface area contributed by atoms with Gasteiger partial charge in [-0.05, 0) is 62.9 Å². The Kier molecular flexibility index (Phi) is 4.97. The summed E-state index contributed by atoms with van der Waals surface area (Å²) < 4.78 is 21.5. The first-order chi connectivity index (χ1) is 14.9. The van der Waals surface area contributed by atoms with Gasteiger partial charge in [-0.1, -0.05) is 6.07 Å². The van der Waals surface area contributed by atoms with Crippen molar-refractivity contribution < 1.29 is 18.4 Å². The summed E-state index contributed by atoms with van der Waals surface area (Å²) in [7, 11) is 0. The minimum absolute atomic E-state index is 0.0502. The van der Waals surface area contributed by atoms with Crippen molar-refractivity contribution in [2.45, 2.75) is 18.4 Å². The highest BCUT2D eigenvalue weighted by Gasteiger charge is 2.54. The number of aromatic nitrogens is 3. The minimum Gasteiger partial charge on any atom is -0.443 e. The lowest BCUT2D eigenvalue weighted by Gasteiger charge is -2.41. The third kappa shape index (κ3) is 3.69. The van der Waals surface area contributed by atoms with E-state index in [-0.39, 0.29) is 23.4 Å². The quantitative estimate of drug-likeness (QED) is 0.495. The van der Waals surface area contributed by atoms with Gasteiger partial charge in [0.05, 0.1) is 15.7 Å². The van der Waals surface area contributed by atoms with Gasteiger partial charge in [0.25, 0.3) is 11.8 Å². The van der Waals surface area contributed by atoms with Crippen molar-refractivity contribution in [2.24, 2.45) is 0 Å². The largest absolute Gasteiger partial charge is 0.443 e. The second-order valence-corrected chi connectivity index (χ2v) is 9.21. The first-order valence-corrected chi connectivity index (χ1v) is 11.2. The molecule has 31 heavy (non-hydrogen) atoms. The van der Waals surface area contributed by atoms with Crippen LogP contribution in [0.5, 0.6) is 0 Å². The fourth-order valence-electron chi connectivity index (χ4n) is 3.87. The van der Waals surface area contributed by atoms with E-state index in [9.17, 15) is 14.0 Å². The summed E-state index contributed by atoms with van der Waals surface area (Å²) >= 11 is 6.57. The fraction of sp³-hybridized carbons (Fsp3) is 0.300. The third-order valence-corrected chi connectivity index (χ3v) is 7.33. The summed E-state index contributed by atoms with van der Waals surface area (Å²) in [6.07, 6.45) is 3.01. The summed E-state index contributed by atoms with van der Waals surface area (Å²) in [5.41, 5.74) is 0.0787. The Balaban J connectivity index is 1.32. The molecule has 1 spiro atoms. The molecule has 0 atom stereocenters. The molecule has 1 aliphatic heterocycles. The second-order valence-electron chi connectivity index (χ2n) is 7.63. The van der Waals surface area contributed by atoms with Gasteiger partial charge in [0, 0.05) is 25.7 Å². The smallest absolute Gasteiger partial charge is 0.294 e. The van der Waals surface area contributed by atoms with Gasteiger partial charge in [0.15, 0.2) is 10.4 Å². The molecule has 1 saturated carbocycles. The van der Waals surface area contributed by atoms with Crippen molar-refractivity contribution in [1.29, 1.82) is 0 Å². The first-order valence-electron chi connectivity index (χ1n) is 9.60. The van der Waals surface area contributed by atoms with Crippen LogP contribution in [0.15, 0.2) is 50.2 Å². The zero-order valence-corrected chi connectivity index (χ0v) is 19.3. The molecule has 2 fully saturated rings. The number of rotatable bonds is 3. The van der Waals surface area contributed by atoms with Crippen molar-refractivity contribution in [2.75, 3.05) is 19.6 Å². The molecule has 5 rings (SSSR count). The second kappa shape index (κ2) is 7.56. The van der Waals surface area contributed by atoms with E-state index >= 15 is 0 Å². The van der Waals surface area contributed by atoms with Gasteiger partial charge in [-0.2, -0.15) is 0 Å². The van der Waals surface area contributed by atoms with E-state index in [2.05, 4.69) is 41.9 Å². The van der Waals surface area contributed by atoms with Gasteiger partial charge < -0.3 is 14.2 Å². The molecule has 0 N–H and O–H groups in total. The van der Waals surface area contributed by atoms with Crippen LogP contribution in [0.25, 0.3) is 5.69 Å². The van der Waals surface area contributed by atoms with Crippen molar-refractivity contribution in [3.63, 3.8) is 0 Å². The van der Waals surface area contributed by atoms with Gasteiger partial charge >= 0.3 is 0 Å². The third-order valence-electron chi connectivity index (χ3n) is 5.62.